The van der Waals surface area contributed by atoms with E-state index in [9.17, 15) is 19.2 Å². The van der Waals surface area contributed by atoms with Crippen LogP contribution >= 0.6 is 0 Å². The zero-order chi connectivity index (χ0) is 17.7. The Kier molecular flexibility index (Phi) is 11.4. The predicted molar refractivity (Wildman–Crippen MR) is 73.4 cm³/mol. The van der Waals surface area contributed by atoms with Crippen LogP contribution in [0.1, 0.15) is 25.7 Å². The second kappa shape index (κ2) is 12.5. The van der Waals surface area contributed by atoms with E-state index in [0.29, 0.717) is 11.7 Å². The first-order valence-electron chi connectivity index (χ1n) is 6.89. The Labute approximate surface area is 132 Å². The number of aliphatic hydroxyl groups excluding tert-OH is 2. The molecule has 0 bridgehead atoms. The SMILES string of the molecule is COCCO.O=C(CCC(=O)ON1C(=O)CCC1=O)OCCO. The first kappa shape index (κ1) is 21.0. The fourth-order valence-electron chi connectivity index (χ4n) is 1.33. The molecule has 2 amide bonds. The summed E-state index contributed by atoms with van der Waals surface area (Å²) in [6, 6.07) is 0. The van der Waals surface area contributed by atoms with Gasteiger partial charge in [0.05, 0.1) is 32.7 Å². The highest BCUT2D eigenvalue weighted by atomic mass is 16.7. The molecule has 1 saturated heterocycles. The topological polar surface area (TPSA) is 140 Å². The van der Waals surface area contributed by atoms with Crippen molar-refractivity contribution in [3.05, 3.63) is 0 Å². The average Bonchev–Trinajstić information content (AvgIpc) is 2.84. The van der Waals surface area contributed by atoms with Gasteiger partial charge < -0.3 is 24.5 Å². The lowest BCUT2D eigenvalue weighted by Crippen LogP contribution is -2.32. The lowest BCUT2D eigenvalue weighted by Gasteiger charge is -2.12. The summed E-state index contributed by atoms with van der Waals surface area (Å²) < 4.78 is 8.95. The van der Waals surface area contributed by atoms with Gasteiger partial charge in [0.15, 0.2) is 0 Å². The van der Waals surface area contributed by atoms with Gasteiger partial charge >= 0.3 is 11.9 Å². The van der Waals surface area contributed by atoms with Gasteiger partial charge in [-0.15, -0.1) is 5.06 Å². The third-order valence-corrected chi connectivity index (χ3v) is 2.38. The van der Waals surface area contributed by atoms with Crippen LogP contribution in [0.2, 0.25) is 0 Å². The fourth-order valence-corrected chi connectivity index (χ4v) is 1.33. The monoisotopic (exact) mass is 335 g/mol. The summed E-state index contributed by atoms with van der Waals surface area (Å²) in [5.41, 5.74) is 0. The molecule has 132 valence electrons. The van der Waals surface area contributed by atoms with Gasteiger partial charge in [-0.05, 0) is 0 Å². The van der Waals surface area contributed by atoms with Crippen LogP contribution in [0.5, 0.6) is 0 Å². The molecular formula is C13H21NO9. The first-order valence-corrected chi connectivity index (χ1v) is 6.89. The zero-order valence-electron chi connectivity index (χ0n) is 12.9. The third kappa shape index (κ3) is 9.55. The standard InChI is InChI=1S/C10H13NO7.C3H8O2/c12-5-6-17-9(15)3-4-10(16)18-11-7(13)1-2-8(11)14;1-5-3-2-4/h12H,1-6H2;4H,2-3H2,1H3. The smallest absolute Gasteiger partial charge is 0.333 e. The Morgan fingerprint density at radius 3 is 1.96 bits per heavy atom. The van der Waals surface area contributed by atoms with Crippen molar-refractivity contribution in [2.45, 2.75) is 25.7 Å². The van der Waals surface area contributed by atoms with Crippen LogP contribution in [0.4, 0.5) is 0 Å². The highest BCUT2D eigenvalue weighted by molar-refractivity contribution is 6.01. The molecule has 0 aromatic carbocycles. The number of imide groups is 1. The molecule has 10 heteroatoms. The van der Waals surface area contributed by atoms with E-state index < -0.39 is 23.8 Å². The molecule has 2 N–H and O–H groups in total. The molecule has 0 aliphatic carbocycles. The van der Waals surface area contributed by atoms with Crippen LogP contribution in [0.15, 0.2) is 0 Å². The molecule has 10 nitrogen and oxygen atoms in total. The molecule has 0 aromatic heterocycles. The number of aliphatic hydroxyl groups is 2. The van der Waals surface area contributed by atoms with E-state index in [1.54, 1.807) is 7.11 Å². The maximum Gasteiger partial charge on any atom is 0.333 e. The number of hydrogen-bond acceptors (Lipinski definition) is 9. The van der Waals surface area contributed by atoms with Crippen molar-refractivity contribution in [3.63, 3.8) is 0 Å². The summed E-state index contributed by atoms with van der Waals surface area (Å²) in [5, 5.41) is 16.7. The Bertz CT molecular complexity index is 392. The van der Waals surface area contributed by atoms with Crippen LogP contribution in [0, 0.1) is 0 Å². The van der Waals surface area contributed by atoms with Gasteiger partial charge in [-0.2, -0.15) is 0 Å². The fraction of sp³-hybridized carbons (Fsp3) is 0.692. The predicted octanol–water partition coefficient (Wildman–Crippen LogP) is -1.47. The van der Waals surface area contributed by atoms with E-state index in [-0.39, 0.29) is 45.5 Å². The molecule has 1 fully saturated rings. The van der Waals surface area contributed by atoms with Crippen LogP contribution in [0.3, 0.4) is 0 Å². The van der Waals surface area contributed by atoms with Crippen molar-refractivity contribution in [3.8, 4) is 0 Å². The number of esters is 1. The maximum absolute atomic E-state index is 11.2. The first-order chi connectivity index (χ1) is 11.0. The molecule has 0 radical (unpaired) electrons. The Morgan fingerprint density at radius 1 is 1.00 bits per heavy atom. The summed E-state index contributed by atoms with van der Waals surface area (Å²) in [6.45, 7) is 0.125. The van der Waals surface area contributed by atoms with Gasteiger partial charge in [-0.1, -0.05) is 0 Å². The summed E-state index contributed by atoms with van der Waals surface area (Å²) in [6.07, 6.45) is -0.508. The number of carbonyl (C=O) groups excluding carboxylic acids is 4. The van der Waals surface area contributed by atoms with Crippen molar-refractivity contribution < 1.29 is 43.7 Å². The van der Waals surface area contributed by atoms with Crippen molar-refractivity contribution in [2.24, 2.45) is 0 Å². The number of methoxy groups -OCH3 is 1. The minimum absolute atomic E-state index is 0.0185. The number of ether oxygens (including phenoxy) is 2. The van der Waals surface area contributed by atoms with E-state index >= 15 is 0 Å². The van der Waals surface area contributed by atoms with Crippen molar-refractivity contribution in [2.75, 3.05) is 33.5 Å². The molecule has 0 saturated carbocycles. The second-order valence-electron chi connectivity index (χ2n) is 4.21. The van der Waals surface area contributed by atoms with Crippen molar-refractivity contribution >= 4 is 23.8 Å². The van der Waals surface area contributed by atoms with Crippen LogP contribution < -0.4 is 0 Å². The van der Waals surface area contributed by atoms with E-state index in [1.807, 2.05) is 0 Å². The summed E-state index contributed by atoms with van der Waals surface area (Å²) >= 11 is 0. The van der Waals surface area contributed by atoms with Gasteiger partial charge in [0.1, 0.15) is 6.61 Å². The normalized spacial score (nSPS) is 13.4. The van der Waals surface area contributed by atoms with Gasteiger partial charge in [0, 0.05) is 20.0 Å². The second-order valence-corrected chi connectivity index (χ2v) is 4.21. The minimum atomic E-state index is -0.862. The Morgan fingerprint density at radius 2 is 1.52 bits per heavy atom. The highest BCUT2D eigenvalue weighted by Crippen LogP contribution is 2.12. The van der Waals surface area contributed by atoms with Gasteiger partial charge in [0.25, 0.3) is 11.8 Å². The van der Waals surface area contributed by atoms with Crippen LogP contribution in [-0.2, 0) is 33.5 Å². The summed E-state index contributed by atoms with van der Waals surface area (Å²) in [7, 11) is 1.55. The minimum Gasteiger partial charge on any atom is -0.463 e. The molecule has 1 rings (SSSR count). The molecular weight excluding hydrogens is 314 g/mol. The van der Waals surface area contributed by atoms with E-state index in [2.05, 4.69) is 14.3 Å². The van der Waals surface area contributed by atoms with Crippen LogP contribution in [-0.4, -0.2) is 72.6 Å². The zero-order valence-corrected chi connectivity index (χ0v) is 12.9. The average molecular weight is 335 g/mol. The van der Waals surface area contributed by atoms with Crippen molar-refractivity contribution in [1.82, 2.24) is 5.06 Å². The lowest BCUT2D eigenvalue weighted by molar-refractivity contribution is -0.197. The number of carbonyl (C=O) groups is 4. The van der Waals surface area contributed by atoms with E-state index in [0.717, 1.165) is 0 Å². The van der Waals surface area contributed by atoms with Gasteiger partial charge in [-0.25, -0.2) is 4.79 Å². The molecule has 0 atom stereocenters. The molecule has 1 heterocycles. The Hall–Kier alpha value is -2.04. The van der Waals surface area contributed by atoms with Gasteiger partial charge in [-0.3, -0.25) is 14.4 Å². The molecule has 0 spiro atoms. The van der Waals surface area contributed by atoms with Crippen LogP contribution in [0.25, 0.3) is 0 Å². The molecule has 23 heavy (non-hydrogen) atoms. The number of rotatable bonds is 8. The summed E-state index contributed by atoms with van der Waals surface area (Å²) in [4.78, 5) is 49.0. The van der Waals surface area contributed by atoms with E-state index in [1.165, 1.54) is 0 Å². The number of amides is 2. The maximum atomic E-state index is 11.2. The molecule has 0 aromatic rings. The van der Waals surface area contributed by atoms with E-state index in [4.69, 9.17) is 10.2 Å². The number of hydrogen-bond donors (Lipinski definition) is 2. The van der Waals surface area contributed by atoms with Gasteiger partial charge in [0.2, 0.25) is 0 Å². The molecule has 0 unspecified atom stereocenters. The molecule has 1 aliphatic rings. The third-order valence-electron chi connectivity index (χ3n) is 2.38. The van der Waals surface area contributed by atoms with Crippen molar-refractivity contribution in [1.29, 1.82) is 0 Å². The number of nitrogens with zero attached hydrogens (tertiary/aromatic N) is 1. The lowest BCUT2D eigenvalue weighted by atomic mass is 10.3. The Balaban J connectivity index is 0.000000841. The number of hydroxylamine groups is 2. The quantitative estimate of drug-likeness (QED) is 0.402. The largest absolute Gasteiger partial charge is 0.463 e. The molecule has 1 aliphatic heterocycles. The highest BCUT2D eigenvalue weighted by Gasteiger charge is 2.32. The summed E-state index contributed by atoms with van der Waals surface area (Å²) in [5.74, 6) is -2.67.